The number of para-hydroxylation sites is 1. The largest absolute Gasteiger partial charge is 0.360 e. The molecule has 0 aliphatic heterocycles. The van der Waals surface area contributed by atoms with Crippen LogP contribution in [0.4, 0.5) is 5.69 Å². The fourth-order valence-corrected chi connectivity index (χ4v) is 2.34. The summed E-state index contributed by atoms with van der Waals surface area (Å²) in [5.41, 5.74) is 5.88. The molecule has 0 saturated carbocycles. The van der Waals surface area contributed by atoms with Crippen molar-refractivity contribution in [1.29, 1.82) is 5.26 Å². The van der Waals surface area contributed by atoms with Gasteiger partial charge in [-0.3, -0.25) is 0 Å². The molecule has 0 aliphatic carbocycles. The fourth-order valence-electron chi connectivity index (χ4n) is 2.34. The molecule has 2 N–H and O–H groups in total. The summed E-state index contributed by atoms with van der Waals surface area (Å²) in [6.45, 7) is 4.19. The Balaban J connectivity index is 1.95. The number of allylic oxidation sites excluding steroid dienone is 1. The van der Waals surface area contributed by atoms with Gasteiger partial charge in [-0.15, -0.1) is 10.2 Å². The number of rotatable bonds is 4. The van der Waals surface area contributed by atoms with E-state index in [4.69, 9.17) is 0 Å². The second-order valence-electron chi connectivity index (χ2n) is 5.39. The normalized spacial score (nSPS) is 11.1. The standard InChI is InChI=1S/C18H16N6/c1-12-7-8-14(9-13(12)2)16-5-3-4-6-17(16)20-11-15(10-19)18-21-23-24-22-18/h3-9,11,20H,1-2H3,(H,21,22,23,24). The molecule has 0 radical (unpaired) electrons. The Bertz CT molecular complexity index is 919. The maximum Gasteiger partial charge on any atom is 0.216 e. The molecule has 0 unspecified atom stereocenters. The third kappa shape index (κ3) is 3.15. The number of tetrazole rings is 1. The van der Waals surface area contributed by atoms with Gasteiger partial charge < -0.3 is 5.32 Å². The molecule has 0 saturated heterocycles. The number of nitrogens with zero attached hydrogens (tertiary/aromatic N) is 4. The van der Waals surface area contributed by atoms with E-state index in [1.807, 2.05) is 24.3 Å². The summed E-state index contributed by atoms with van der Waals surface area (Å²) in [4.78, 5) is 0. The van der Waals surface area contributed by atoms with Crippen LogP contribution in [0.5, 0.6) is 0 Å². The van der Waals surface area contributed by atoms with Crippen LogP contribution in [-0.4, -0.2) is 20.6 Å². The molecule has 0 spiro atoms. The summed E-state index contributed by atoms with van der Waals surface area (Å²) in [5, 5.41) is 25.9. The Morgan fingerprint density at radius 3 is 2.71 bits per heavy atom. The highest BCUT2D eigenvalue weighted by molar-refractivity contribution is 5.81. The first-order chi connectivity index (χ1) is 11.7. The first-order valence-corrected chi connectivity index (χ1v) is 7.46. The van der Waals surface area contributed by atoms with Crippen LogP contribution in [0, 0.1) is 25.2 Å². The number of hydrogen-bond acceptors (Lipinski definition) is 5. The molecular formula is C18H16N6. The minimum Gasteiger partial charge on any atom is -0.360 e. The summed E-state index contributed by atoms with van der Waals surface area (Å²) < 4.78 is 0. The minimum absolute atomic E-state index is 0.258. The highest BCUT2D eigenvalue weighted by Gasteiger charge is 2.08. The lowest BCUT2D eigenvalue weighted by Gasteiger charge is -2.11. The van der Waals surface area contributed by atoms with Crippen molar-refractivity contribution in [2.75, 3.05) is 5.32 Å². The van der Waals surface area contributed by atoms with Gasteiger partial charge in [0.2, 0.25) is 5.82 Å². The maximum absolute atomic E-state index is 9.25. The smallest absolute Gasteiger partial charge is 0.216 e. The first kappa shape index (κ1) is 15.4. The molecular weight excluding hydrogens is 300 g/mol. The summed E-state index contributed by atoms with van der Waals surface area (Å²) in [6.07, 6.45) is 1.59. The molecule has 0 aliphatic rings. The number of H-pyrrole nitrogens is 1. The first-order valence-electron chi connectivity index (χ1n) is 7.46. The van der Waals surface area contributed by atoms with Crippen LogP contribution in [0.15, 0.2) is 48.7 Å². The van der Waals surface area contributed by atoms with E-state index in [1.54, 1.807) is 6.20 Å². The molecule has 6 heteroatoms. The van der Waals surface area contributed by atoms with Crippen molar-refractivity contribution < 1.29 is 0 Å². The molecule has 24 heavy (non-hydrogen) atoms. The van der Waals surface area contributed by atoms with Crippen LogP contribution < -0.4 is 5.32 Å². The third-order valence-corrected chi connectivity index (χ3v) is 3.82. The van der Waals surface area contributed by atoms with Gasteiger partial charge in [-0.05, 0) is 41.8 Å². The molecule has 3 aromatic rings. The molecule has 1 aromatic heterocycles. The van der Waals surface area contributed by atoms with E-state index in [0.29, 0.717) is 5.57 Å². The zero-order chi connectivity index (χ0) is 16.9. The van der Waals surface area contributed by atoms with Crippen LogP contribution in [-0.2, 0) is 0 Å². The molecule has 0 bridgehead atoms. The van der Waals surface area contributed by atoms with E-state index in [9.17, 15) is 5.26 Å². The Hall–Kier alpha value is -3.46. The monoisotopic (exact) mass is 316 g/mol. The molecule has 6 nitrogen and oxygen atoms in total. The van der Waals surface area contributed by atoms with Crippen molar-refractivity contribution in [3.63, 3.8) is 0 Å². The number of nitrogens with one attached hydrogen (secondary N) is 2. The lowest BCUT2D eigenvalue weighted by atomic mass is 9.99. The number of aromatic nitrogens is 4. The minimum atomic E-state index is 0.258. The third-order valence-electron chi connectivity index (χ3n) is 3.82. The van der Waals surface area contributed by atoms with Gasteiger partial charge >= 0.3 is 0 Å². The molecule has 2 aromatic carbocycles. The molecule has 118 valence electrons. The molecule has 3 rings (SSSR count). The van der Waals surface area contributed by atoms with Crippen LogP contribution in [0.3, 0.4) is 0 Å². The number of aromatic amines is 1. The van der Waals surface area contributed by atoms with E-state index in [1.165, 1.54) is 11.1 Å². The predicted molar refractivity (Wildman–Crippen MR) is 92.7 cm³/mol. The Morgan fingerprint density at radius 2 is 2.00 bits per heavy atom. The molecule has 0 amide bonds. The molecule has 0 fully saturated rings. The van der Waals surface area contributed by atoms with E-state index < -0.39 is 0 Å². The van der Waals surface area contributed by atoms with Gasteiger partial charge in [0.25, 0.3) is 0 Å². The van der Waals surface area contributed by atoms with Crippen LogP contribution in [0.25, 0.3) is 16.7 Å². The topological polar surface area (TPSA) is 90.3 Å². The number of anilines is 1. The second-order valence-corrected chi connectivity index (χ2v) is 5.39. The van der Waals surface area contributed by atoms with Crippen molar-refractivity contribution in [3.8, 4) is 17.2 Å². The predicted octanol–water partition coefficient (Wildman–Crippen LogP) is 3.46. The van der Waals surface area contributed by atoms with Crippen LogP contribution >= 0.6 is 0 Å². The lowest BCUT2D eigenvalue weighted by molar-refractivity contribution is 0.881. The quantitative estimate of drug-likeness (QED) is 0.719. The van der Waals surface area contributed by atoms with Crippen molar-refractivity contribution >= 4 is 11.3 Å². The zero-order valence-corrected chi connectivity index (χ0v) is 13.4. The summed E-state index contributed by atoms with van der Waals surface area (Å²) in [5.74, 6) is 0.258. The molecule has 0 atom stereocenters. The SMILES string of the molecule is Cc1ccc(-c2ccccc2NC=C(C#N)c2nn[nH]n2)cc1C. The fraction of sp³-hybridized carbons (Fsp3) is 0.111. The average molecular weight is 316 g/mol. The number of hydrogen-bond donors (Lipinski definition) is 2. The zero-order valence-electron chi connectivity index (χ0n) is 13.4. The van der Waals surface area contributed by atoms with Gasteiger partial charge in [0.15, 0.2) is 0 Å². The number of nitriles is 1. The highest BCUT2D eigenvalue weighted by atomic mass is 15.5. The van der Waals surface area contributed by atoms with Gasteiger partial charge in [-0.1, -0.05) is 36.4 Å². The van der Waals surface area contributed by atoms with E-state index in [0.717, 1.165) is 16.8 Å². The van der Waals surface area contributed by atoms with Crippen molar-refractivity contribution in [2.24, 2.45) is 0 Å². The van der Waals surface area contributed by atoms with Crippen LogP contribution in [0.1, 0.15) is 17.0 Å². The molecule has 1 heterocycles. The Kier molecular flexibility index (Phi) is 4.34. The summed E-state index contributed by atoms with van der Waals surface area (Å²) in [6, 6.07) is 16.4. The van der Waals surface area contributed by atoms with Gasteiger partial charge in [-0.25, -0.2) is 0 Å². The number of aryl methyl sites for hydroxylation is 2. The Morgan fingerprint density at radius 1 is 1.17 bits per heavy atom. The Labute approximate surface area is 139 Å². The van der Waals surface area contributed by atoms with E-state index in [-0.39, 0.29) is 5.82 Å². The van der Waals surface area contributed by atoms with Crippen molar-refractivity contribution in [3.05, 3.63) is 65.6 Å². The van der Waals surface area contributed by atoms with Gasteiger partial charge in [0.1, 0.15) is 11.6 Å². The van der Waals surface area contributed by atoms with Gasteiger partial charge in [0, 0.05) is 17.5 Å². The maximum atomic E-state index is 9.25. The number of benzene rings is 2. The van der Waals surface area contributed by atoms with Gasteiger partial charge in [-0.2, -0.15) is 10.5 Å². The highest BCUT2D eigenvalue weighted by Crippen LogP contribution is 2.29. The van der Waals surface area contributed by atoms with Crippen molar-refractivity contribution in [2.45, 2.75) is 13.8 Å². The lowest BCUT2D eigenvalue weighted by Crippen LogP contribution is -1.95. The van der Waals surface area contributed by atoms with E-state index in [2.05, 4.69) is 64.1 Å². The average Bonchev–Trinajstić information content (AvgIpc) is 3.13. The van der Waals surface area contributed by atoms with E-state index >= 15 is 0 Å². The van der Waals surface area contributed by atoms with Gasteiger partial charge in [0.05, 0.1) is 0 Å². The van der Waals surface area contributed by atoms with Crippen molar-refractivity contribution in [1.82, 2.24) is 20.6 Å². The summed E-state index contributed by atoms with van der Waals surface area (Å²) in [7, 11) is 0. The summed E-state index contributed by atoms with van der Waals surface area (Å²) >= 11 is 0. The van der Waals surface area contributed by atoms with Crippen LogP contribution in [0.2, 0.25) is 0 Å². The second kappa shape index (κ2) is 6.75.